The number of fused-ring (bicyclic) bond motifs is 1. The molecule has 0 radical (unpaired) electrons. The van der Waals surface area contributed by atoms with Crippen LogP contribution in [0.1, 0.15) is 37.8 Å². The largest absolute Gasteiger partial charge is 0.465 e. The number of nitrogens with zero attached hydrogens (tertiary/aromatic N) is 2. The molecular formula is C32H29N3O3. The summed E-state index contributed by atoms with van der Waals surface area (Å²) in [6, 6.07) is 28.0. The molecule has 0 aliphatic rings. The molecule has 5 rings (SSSR count). The Bertz CT molecular complexity index is 1580. The van der Waals surface area contributed by atoms with Crippen LogP contribution >= 0.6 is 0 Å². The lowest BCUT2D eigenvalue weighted by Crippen LogP contribution is -2.27. The van der Waals surface area contributed by atoms with Crippen LogP contribution in [0.15, 0.2) is 108 Å². The zero-order chi connectivity index (χ0) is 26.5. The van der Waals surface area contributed by atoms with Gasteiger partial charge in [0, 0.05) is 18.1 Å². The van der Waals surface area contributed by atoms with Crippen molar-refractivity contribution in [1.29, 1.82) is 0 Å². The van der Waals surface area contributed by atoms with Gasteiger partial charge in [-0.3, -0.25) is 0 Å². The fourth-order valence-corrected chi connectivity index (χ4v) is 4.05. The molecule has 0 bridgehead atoms. The fraction of sp³-hybridized carbons (Fsp3) is 0.156. The van der Waals surface area contributed by atoms with Gasteiger partial charge in [-0.05, 0) is 55.3 Å². The van der Waals surface area contributed by atoms with Crippen LogP contribution in [0.4, 0.5) is 5.82 Å². The van der Waals surface area contributed by atoms with Gasteiger partial charge in [0.05, 0.1) is 23.8 Å². The van der Waals surface area contributed by atoms with Gasteiger partial charge in [0.15, 0.2) is 5.82 Å². The second kappa shape index (κ2) is 10.7. The number of nitrogens with one attached hydrogen (secondary N) is 1. The smallest absolute Gasteiger partial charge is 0.355 e. The molecule has 0 fully saturated rings. The highest BCUT2D eigenvalue weighted by molar-refractivity contribution is 5.96. The second-order valence-electron chi connectivity index (χ2n) is 9.98. The summed E-state index contributed by atoms with van der Waals surface area (Å²) < 4.78 is 11.1. The topological polar surface area (TPSA) is 77.2 Å². The van der Waals surface area contributed by atoms with Gasteiger partial charge in [-0.1, -0.05) is 66.7 Å². The van der Waals surface area contributed by atoms with Crippen molar-refractivity contribution >= 4 is 28.6 Å². The van der Waals surface area contributed by atoms with E-state index in [9.17, 15) is 4.79 Å². The molecule has 0 aliphatic carbocycles. The molecule has 0 aliphatic heterocycles. The van der Waals surface area contributed by atoms with E-state index in [0.717, 1.165) is 27.6 Å². The number of anilines is 1. The summed E-state index contributed by atoms with van der Waals surface area (Å²) in [5, 5.41) is 5.49. The number of ether oxygens (including phenoxy) is 1. The Morgan fingerprint density at radius 3 is 2.45 bits per heavy atom. The van der Waals surface area contributed by atoms with Crippen LogP contribution in [0, 0.1) is 0 Å². The number of aromatic nitrogens is 2. The molecule has 0 saturated heterocycles. The zero-order valence-corrected chi connectivity index (χ0v) is 21.6. The molecule has 3 aromatic carbocycles. The average molecular weight is 504 g/mol. The summed E-state index contributed by atoms with van der Waals surface area (Å²) in [6.07, 6.45) is 5.41. The van der Waals surface area contributed by atoms with Crippen molar-refractivity contribution in [3.8, 4) is 11.3 Å². The number of benzene rings is 3. The minimum Gasteiger partial charge on any atom is -0.465 e. The van der Waals surface area contributed by atoms with Crippen molar-refractivity contribution in [3.63, 3.8) is 0 Å². The van der Waals surface area contributed by atoms with Crippen LogP contribution in [0.2, 0.25) is 0 Å². The van der Waals surface area contributed by atoms with E-state index in [0.29, 0.717) is 23.7 Å². The molecule has 0 saturated carbocycles. The van der Waals surface area contributed by atoms with Gasteiger partial charge in [-0.25, -0.2) is 14.8 Å². The van der Waals surface area contributed by atoms with Gasteiger partial charge >= 0.3 is 5.97 Å². The molecule has 1 N–H and O–H groups in total. The molecule has 0 unspecified atom stereocenters. The standard InChI is InChI=1S/C32H29N3O3/c1-32(2,3)38-31(36)28(20-26-14-9-17-37-26)35-30-27(18-22-10-5-4-6-11-22)34-29(21-33-30)25-16-15-23-12-7-8-13-24(23)19-25/h4-17,19-21H,18H2,1-3H3,(H,33,35). The summed E-state index contributed by atoms with van der Waals surface area (Å²) in [5.41, 5.74) is 3.04. The van der Waals surface area contributed by atoms with E-state index in [1.54, 1.807) is 30.7 Å². The maximum atomic E-state index is 13.1. The van der Waals surface area contributed by atoms with Crippen molar-refractivity contribution in [2.24, 2.45) is 0 Å². The summed E-state index contributed by atoms with van der Waals surface area (Å²) in [6.45, 7) is 5.48. The van der Waals surface area contributed by atoms with Gasteiger partial charge < -0.3 is 14.5 Å². The highest BCUT2D eigenvalue weighted by Crippen LogP contribution is 2.26. The van der Waals surface area contributed by atoms with Crippen molar-refractivity contribution < 1.29 is 13.9 Å². The first-order valence-corrected chi connectivity index (χ1v) is 12.5. The Morgan fingerprint density at radius 1 is 0.947 bits per heavy atom. The normalized spacial score (nSPS) is 11.9. The molecular weight excluding hydrogens is 474 g/mol. The predicted molar refractivity (Wildman–Crippen MR) is 150 cm³/mol. The number of furan rings is 1. The molecule has 2 heterocycles. The van der Waals surface area contributed by atoms with Crippen LogP contribution < -0.4 is 5.32 Å². The first-order valence-electron chi connectivity index (χ1n) is 12.5. The van der Waals surface area contributed by atoms with Crippen molar-refractivity contribution in [2.75, 3.05) is 5.32 Å². The Kier molecular flexibility index (Phi) is 7.05. The number of rotatable bonds is 7. The van der Waals surface area contributed by atoms with Crippen LogP contribution in [0.3, 0.4) is 0 Å². The van der Waals surface area contributed by atoms with E-state index >= 15 is 0 Å². The van der Waals surface area contributed by atoms with E-state index in [4.69, 9.17) is 19.1 Å². The third-order valence-corrected chi connectivity index (χ3v) is 5.81. The van der Waals surface area contributed by atoms with Gasteiger partial charge in [0.2, 0.25) is 0 Å². The number of esters is 1. The van der Waals surface area contributed by atoms with E-state index in [-0.39, 0.29) is 5.70 Å². The van der Waals surface area contributed by atoms with Crippen molar-refractivity contribution in [2.45, 2.75) is 32.8 Å². The lowest BCUT2D eigenvalue weighted by molar-refractivity contribution is -0.149. The minimum absolute atomic E-state index is 0.206. The Hall–Kier alpha value is -4.71. The monoisotopic (exact) mass is 503 g/mol. The maximum Gasteiger partial charge on any atom is 0.355 e. The molecule has 6 heteroatoms. The SMILES string of the molecule is CC(C)(C)OC(=O)C(=Cc1ccco1)Nc1ncc(-c2ccc3ccccc3c2)nc1Cc1ccccc1. The molecule has 38 heavy (non-hydrogen) atoms. The van der Waals surface area contributed by atoms with Crippen molar-refractivity contribution in [1.82, 2.24) is 9.97 Å². The summed E-state index contributed by atoms with van der Waals surface area (Å²) in [4.78, 5) is 22.9. The van der Waals surface area contributed by atoms with Crippen LogP contribution in [0.5, 0.6) is 0 Å². The zero-order valence-electron chi connectivity index (χ0n) is 21.6. The molecule has 2 aromatic heterocycles. The van der Waals surface area contributed by atoms with Gasteiger partial charge in [-0.15, -0.1) is 0 Å². The number of hydrogen-bond donors (Lipinski definition) is 1. The molecule has 6 nitrogen and oxygen atoms in total. The van der Waals surface area contributed by atoms with E-state index in [1.807, 2.05) is 63.2 Å². The second-order valence-corrected chi connectivity index (χ2v) is 9.98. The van der Waals surface area contributed by atoms with E-state index < -0.39 is 11.6 Å². The lowest BCUT2D eigenvalue weighted by atomic mass is 10.0. The molecule has 190 valence electrons. The van der Waals surface area contributed by atoms with Crippen LogP contribution in [0.25, 0.3) is 28.1 Å². The molecule has 0 spiro atoms. The molecule has 0 amide bonds. The van der Waals surface area contributed by atoms with Crippen LogP contribution in [-0.4, -0.2) is 21.5 Å². The van der Waals surface area contributed by atoms with Gasteiger partial charge in [-0.2, -0.15) is 0 Å². The van der Waals surface area contributed by atoms with E-state index in [2.05, 4.69) is 35.6 Å². The molecule has 0 atom stereocenters. The maximum absolute atomic E-state index is 13.1. The quantitative estimate of drug-likeness (QED) is 0.186. The summed E-state index contributed by atoms with van der Waals surface area (Å²) in [5.74, 6) is 0.478. The van der Waals surface area contributed by atoms with Crippen molar-refractivity contribution in [3.05, 3.63) is 120 Å². The first-order chi connectivity index (χ1) is 18.3. The lowest BCUT2D eigenvalue weighted by Gasteiger charge is -2.21. The number of carbonyl (C=O) groups is 1. The number of carbonyl (C=O) groups excluding carboxylic acids is 1. The highest BCUT2D eigenvalue weighted by Gasteiger charge is 2.22. The average Bonchev–Trinajstić information content (AvgIpc) is 3.42. The van der Waals surface area contributed by atoms with E-state index in [1.165, 1.54) is 0 Å². The summed E-state index contributed by atoms with van der Waals surface area (Å²) >= 11 is 0. The summed E-state index contributed by atoms with van der Waals surface area (Å²) in [7, 11) is 0. The third-order valence-electron chi connectivity index (χ3n) is 5.81. The molecule has 5 aromatic rings. The highest BCUT2D eigenvalue weighted by atomic mass is 16.6. The Labute approximate surface area is 222 Å². The van der Waals surface area contributed by atoms with Crippen LogP contribution in [-0.2, 0) is 16.0 Å². The third kappa shape index (κ3) is 6.16. The minimum atomic E-state index is -0.667. The predicted octanol–water partition coefficient (Wildman–Crippen LogP) is 7.28. The number of hydrogen-bond acceptors (Lipinski definition) is 6. The Balaban J connectivity index is 1.55. The van der Waals surface area contributed by atoms with Gasteiger partial charge in [0.1, 0.15) is 17.1 Å². The first kappa shape index (κ1) is 25.0. The fourth-order valence-electron chi connectivity index (χ4n) is 4.05. The van der Waals surface area contributed by atoms with Gasteiger partial charge in [0.25, 0.3) is 0 Å². The Morgan fingerprint density at radius 2 is 1.71 bits per heavy atom.